The summed E-state index contributed by atoms with van der Waals surface area (Å²) >= 11 is 5.96. The molecule has 0 aliphatic heterocycles. The molecule has 1 aromatic carbocycles. The molecule has 0 aromatic heterocycles. The lowest BCUT2D eigenvalue weighted by Crippen LogP contribution is -1.83. The van der Waals surface area contributed by atoms with Crippen LogP contribution in [0, 0.1) is 0 Å². The molecule has 1 aromatic rings. The Morgan fingerprint density at radius 2 is 2.08 bits per heavy atom. The van der Waals surface area contributed by atoms with Crippen molar-refractivity contribution >= 4 is 17.7 Å². The summed E-state index contributed by atoms with van der Waals surface area (Å²) in [5, 5.41) is 0.646. The molecule has 0 atom stereocenters. The standard InChI is InChI=1S/C10H11ClO2/c1-12-6-5-8-3-4-9(13-2)7-10(8)11/h3-7H,1-2H3. The van der Waals surface area contributed by atoms with Gasteiger partial charge in [-0.1, -0.05) is 11.6 Å². The Labute approximate surface area is 82.7 Å². The highest BCUT2D eigenvalue weighted by atomic mass is 35.5. The fourth-order valence-corrected chi connectivity index (χ4v) is 1.14. The summed E-state index contributed by atoms with van der Waals surface area (Å²) in [6.07, 6.45) is 3.37. The number of hydrogen-bond donors (Lipinski definition) is 0. The van der Waals surface area contributed by atoms with Crippen molar-refractivity contribution in [3.8, 4) is 5.75 Å². The molecule has 0 aliphatic rings. The second kappa shape index (κ2) is 4.77. The lowest BCUT2D eigenvalue weighted by Gasteiger charge is -2.02. The zero-order valence-corrected chi connectivity index (χ0v) is 8.34. The van der Waals surface area contributed by atoms with Crippen LogP contribution >= 0.6 is 11.6 Å². The topological polar surface area (TPSA) is 18.5 Å². The second-order valence-electron chi connectivity index (χ2n) is 2.43. The van der Waals surface area contributed by atoms with Gasteiger partial charge in [0.2, 0.25) is 0 Å². The van der Waals surface area contributed by atoms with Gasteiger partial charge >= 0.3 is 0 Å². The van der Waals surface area contributed by atoms with E-state index in [1.807, 2.05) is 12.1 Å². The van der Waals surface area contributed by atoms with Crippen LogP contribution in [0.25, 0.3) is 6.08 Å². The number of benzene rings is 1. The van der Waals surface area contributed by atoms with Gasteiger partial charge in [-0.05, 0) is 29.8 Å². The molecule has 2 nitrogen and oxygen atoms in total. The smallest absolute Gasteiger partial charge is 0.120 e. The van der Waals surface area contributed by atoms with E-state index in [9.17, 15) is 0 Å². The highest BCUT2D eigenvalue weighted by Crippen LogP contribution is 2.23. The fraction of sp³-hybridized carbons (Fsp3) is 0.200. The van der Waals surface area contributed by atoms with E-state index in [0.717, 1.165) is 11.3 Å². The summed E-state index contributed by atoms with van der Waals surface area (Å²) in [6, 6.07) is 5.48. The van der Waals surface area contributed by atoms with Gasteiger partial charge in [-0.3, -0.25) is 0 Å². The van der Waals surface area contributed by atoms with Crippen molar-refractivity contribution in [1.29, 1.82) is 0 Å². The van der Waals surface area contributed by atoms with Crippen molar-refractivity contribution in [2.45, 2.75) is 0 Å². The molecule has 0 fully saturated rings. The van der Waals surface area contributed by atoms with Gasteiger partial charge in [0.15, 0.2) is 0 Å². The molecule has 0 radical (unpaired) electrons. The summed E-state index contributed by atoms with van der Waals surface area (Å²) in [4.78, 5) is 0. The molecule has 1 rings (SSSR count). The normalized spacial score (nSPS) is 10.4. The van der Waals surface area contributed by atoms with Crippen LogP contribution in [0.4, 0.5) is 0 Å². The fourth-order valence-electron chi connectivity index (χ4n) is 0.911. The summed E-state index contributed by atoms with van der Waals surface area (Å²) in [7, 11) is 3.20. The molecule has 70 valence electrons. The van der Waals surface area contributed by atoms with Crippen LogP contribution in [-0.2, 0) is 4.74 Å². The average molecular weight is 199 g/mol. The van der Waals surface area contributed by atoms with E-state index < -0.39 is 0 Å². The summed E-state index contributed by atoms with van der Waals surface area (Å²) in [5.41, 5.74) is 0.907. The third-order valence-electron chi connectivity index (χ3n) is 1.59. The minimum atomic E-state index is 0.646. The first-order valence-corrected chi connectivity index (χ1v) is 4.18. The second-order valence-corrected chi connectivity index (χ2v) is 2.83. The lowest BCUT2D eigenvalue weighted by atomic mass is 10.2. The van der Waals surface area contributed by atoms with Crippen LogP contribution in [-0.4, -0.2) is 14.2 Å². The van der Waals surface area contributed by atoms with Gasteiger partial charge in [-0.15, -0.1) is 0 Å². The maximum absolute atomic E-state index is 5.96. The molecule has 3 heteroatoms. The van der Waals surface area contributed by atoms with Crippen molar-refractivity contribution < 1.29 is 9.47 Å². The summed E-state index contributed by atoms with van der Waals surface area (Å²) in [6.45, 7) is 0. The average Bonchev–Trinajstić information content (AvgIpc) is 2.16. The van der Waals surface area contributed by atoms with E-state index in [1.165, 1.54) is 0 Å². The van der Waals surface area contributed by atoms with Crippen molar-refractivity contribution in [3.05, 3.63) is 35.0 Å². The van der Waals surface area contributed by atoms with Gasteiger partial charge in [0.05, 0.1) is 25.5 Å². The highest BCUT2D eigenvalue weighted by Gasteiger charge is 1.98. The molecule has 0 heterocycles. The molecule has 0 bridgehead atoms. The zero-order valence-electron chi connectivity index (χ0n) is 7.58. The number of ether oxygens (including phenoxy) is 2. The van der Waals surface area contributed by atoms with Gasteiger partial charge in [-0.25, -0.2) is 0 Å². The molecule has 0 saturated carbocycles. The largest absolute Gasteiger partial charge is 0.504 e. The first kappa shape index (κ1) is 9.93. The molecule has 0 amide bonds. The number of hydrogen-bond acceptors (Lipinski definition) is 2. The zero-order chi connectivity index (χ0) is 9.68. The third kappa shape index (κ3) is 2.67. The Morgan fingerprint density at radius 1 is 1.31 bits per heavy atom. The maximum atomic E-state index is 5.96. The van der Waals surface area contributed by atoms with E-state index in [-0.39, 0.29) is 0 Å². The van der Waals surface area contributed by atoms with Crippen LogP contribution in [0.1, 0.15) is 5.56 Å². The van der Waals surface area contributed by atoms with Gasteiger partial charge < -0.3 is 9.47 Å². The Hall–Kier alpha value is -1.15. The minimum Gasteiger partial charge on any atom is -0.504 e. The quantitative estimate of drug-likeness (QED) is 0.696. The molecular formula is C10H11ClO2. The van der Waals surface area contributed by atoms with Crippen LogP contribution in [0.2, 0.25) is 5.02 Å². The molecular weight excluding hydrogens is 188 g/mol. The number of methoxy groups -OCH3 is 2. The van der Waals surface area contributed by atoms with Crippen molar-refractivity contribution in [2.24, 2.45) is 0 Å². The SMILES string of the molecule is COC=Cc1ccc(OC)cc1Cl. The van der Waals surface area contributed by atoms with Gasteiger partial charge in [0.1, 0.15) is 5.75 Å². The van der Waals surface area contributed by atoms with E-state index in [4.69, 9.17) is 21.1 Å². The molecule has 0 saturated heterocycles. The maximum Gasteiger partial charge on any atom is 0.120 e. The van der Waals surface area contributed by atoms with Gasteiger partial charge in [0, 0.05) is 0 Å². The van der Waals surface area contributed by atoms with Crippen molar-refractivity contribution in [3.63, 3.8) is 0 Å². The monoisotopic (exact) mass is 198 g/mol. The summed E-state index contributed by atoms with van der Waals surface area (Å²) in [5.74, 6) is 0.750. The molecule has 13 heavy (non-hydrogen) atoms. The Morgan fingerprint density at radius 3 is 2.62 bits per heavy atom. The van der Waals surface area contributed by atoms with Crippen LogP contribution in [0.15, 0.2) is 24.5 Å². The predicted molar refractivity (Wildman–Crippen MR) is 54.0 cm³/mol. The van der Waals surface area contributed by atoms with Crippen molar-refractivity contribution in [2.75, 3.05) is 14.2 Å². The third-order valence-corrected chi connectivity index (χ3v) is 1.92. The Bertz CT molecular complexity index is 308. The first-order valence-electron chi connectivity index (χ1n) is 3.81. The molecule has 0 spiro atoms. The molecule has 0 N–H and O–H groups in total. The van der Waals surface area contributed by atoms with E-state index in [1.54, 1.807) is 32.6 Å². The molecule has 0 aliphatic carbocycles. The van der Waals surface area contributed by atoms with Crippen molar-refractivity contribution in [1.82, 2.24) is 0 Å². The first-order chi connectivity index (χ1) is 6.27. The van der Waals surface area contributed by atoms with Gasteiger partial charge in [-0.2, -0.15) is 0 Å². The Kier molecular flexibility index (Phi) is 3.65. The van der Waals surface area contributed by atoms with Crippen LogP contribution in [0.3, 0.4) is 0 Å². The number of halogens is 1. The molecule has 0 unspecified atom stereocenters. The summed E-state index contributed by atoms with van der Waals surface area (Å²) < 4.78 is 9.80. The lowest BCUT2D eigenvalue weighted by molar-refractivity contribution is 0.341. The minimum absolute atomic E-state index is 0.646. The number of rotatable bonds is 3. The predicted octanol–water partition coefficient (Wildman–Crippen LogP) is 2.97. The Balaban J connectivity index is 2.91. The van der Waals surface area contributed by atoms with E-state index in [2.05, 4.69) is 0 Å². The highest BCUT2D eigenvalue weighted by molar-refractivity contribution is 6.32. The van der Waals surface area contributed by atoms with Gasteiger partial charge in [0.25, 0.3) is 0 Å². The van der Waals surface area contributed by atoms with Crippen LogP contribution < -0.4 is 4.74 Å². The van der Waals surface area contributed by atoms with E-state index in [0.29, 0.717) is 5.02 Å². The van der Waals surface area contributed by atoms with Crippen LogP contribution in [0.5, 0.6) is 5.75 Å². The van der Waals surface area contributed by atoms with E-state index >= 15 is 0 Å².